The summed E-state index contributed by atoms with van der Waals surface area (Å²) in [5, 5.41) is 15.1. The number of piperidine rings is 1. The Morgan fingerprint density at radius 1 is 1.50 bits per heavy atom. The molecule has 0 aromatic carbocycles. The van der Waals surface area contributed by atoms with Crippen LogP contribution < -0.4 is 10.6 Å². The molecule has 1 heterocycles. The van der Waals surface area contributed by atoms with Gasteiger partial charge < -0.3 is 15.7 Å². The fourth-order valence-electron chi connectivity index (χ4n) is 2.57. The Kier molecular flexibility index (Phi) is 7.99. The number of carbonyl (C=O) groups is 2. The smallest absolute Gasteiger partial charge is 0.326 e. The van der Waals surface area contributed by atoms with Crippen LogP contribution in [0.5, 0.6) is 0 Å². The van der Waals surface area contributed by atoms with E-state index in [4.69, 9.17) is 5.11 Å². The summed E-state index contributed by atoms with van der Waals surface area (Å²) in [5.41, 5.74) is 0. The van der Waals surface area contributed by atoms with Crippen molar-refractivity contribution in [2.75, 3.05) is 25.1 Å². The molecule has 0 aliphatic carbocycles. The van der Waals surface area contributed by atoms with Gasteiger partial charge in [0.1, 0.15) is 6.04 Å². The Balaban J connectivity index is 2.37. The van der Waals surface area contributed by atoms with E-state index in [1.807, 2.05) is 6.26 Å². The number of nitrogens with one attached hydrogen (secondary N) is 2. The quantitative estimate of drug-likeness (QED) is 0.630. The minimum absolute atomic E-state index is 0.142. The lowest BCUT2D eigenvalue weighted by molar-refractivity contribution is -0.142. The van der Waals surface area contributed by atoms with Gasteiger partial charge in [0.25, 0.3) is 0 Å². The van der Waals surface area contributed by atoms with E-state index in [2.05, 4.69) is 17.6 Å². The standard InChI is InChI=1S/C14H26N2O3S/c1-10(11-4-3-6-15-9-11)8-13(17)16-12(14(18)19)5-7-20-2/h10-12,15H,3-9H2,1-2H3,(H,16,17)(H,18,19)/t10?,11?,12-/m0/s1. The van der Waals surface area contributed by atoms with Crippen molar-refractivity contribution in [2.24, 2.45) is 11.8 Å². The summed E-state index contributed by atoms with van der Waals surface area (Å²) in [6, 6.07) is -0.758. The highest BCUT2D eigenvalue weighted by Crippen LogP contribution is 2.22. The fourth-order valence-corrected chi connectivity index (χ4v) is 3.04. The Morgan fingerprint density at radius 3 is 2.80 bits per heavy atom. The molecule has 0 radical (unpaired) electrons. The van der Waals surface area contributed by atoms with Crippen LogP contribution in [0.25, 0.3) is 0 Å². The van der Waals surface area contributed by atoms with Crippen LogP contribution in [0.1, 0.15) is 32.6 Å². The molecule has 3 N–H and O–H groups in total. The molecule has 1 aliphatic rings. The highest BCUT2D eigenvalue weighted by atomic mass is 32.2. The van der Waals surface area contributed by atoms with Crippen molar-refractivity contribution in [3.05, 3.63) is 0 Å². The Morgan fingerprint density at radius 2 is 2.25 bits per heavy atom. The number of amides is 1. The van der Waals surface area contributed by atoms with Crippen molar-refractivity contribution in [3.63, 3.8) is 0 Å². The maximum atomic E-state index is 12.0. The van der Waals surface area contributed by atoms with Gasteiger partial charge in [0.05, 0.1) is 0 Å². The molecular formula is C14H26N2O3S. The van der Waals surface area contributed by atoms with E-state index >= 15 is 0 Å². The molecule has 2 unspecified atom stereocenters. The van der Waals surface area contributed by atoms with Gasteiger partial charge in [0.15, 0.2) is 0 Å². The molecule has 1 rings (SSSR count). The number of carbonyl (C=O) groups excluding carboxylic acids is 1. The van der Waals surface area contributed by atoms with Crippen LogP contribution in [0.4, 0.5) is 0 Å². The minimum atomic E-state index is -0.945. The van der Waals surface area contributed by atoms with Crippen molar-refractivity contribution in [1.29, 1.82) is 0 Å². The van der Waals surface area contributed by atoms with Gasteiger partial charge in [-0.15, -0.1) is 0 Å². The van der Waals surface area contributed by atoms with Gasteiger partial charge in [0, 0.05) is 6.42 Å². The van der Waals surface area contributed by atoms with E-state index in [9.17, 15) is 9.59 Å². The summed E-state index contributed by atoms with van der Waals surface area (Å²) >= 11 is 1.59. The predicted molar refractivity (Wildman–Crippen MR) is 81.9 cm³/mol. The molecule has 116 valence electrons. The van der Waals surface area contributed by atoms with Crippen LogP contribution in [-0.4, -0.2) is 48.1 Å². The zero-order valence-electron chi connectivity index (χ0n) is 12.4. The highest BCUT2D eigenvalue weighted by molar-refractivity contribution is 7.98. The lowest BCUT2D eigenvalue weighted by atomic mass is 9.85. The average molecular weight is 302 g/mol. The SMILES string of the molecule is CSCC[C@H](NC(=O)CC(C)C1CCCNC1)C(=O)O. The molecular weight excluding hydrogens is 276 g/mol. The lowest BCUT2D eigenvalue weighted by Crippen LogP contribution is -2.42. The summed E-state index contributed by atoms with van der Waals surface area (Å²) in [6.45, 7) is 4.10. The number of hydrogen-bond acceptors (Lipinski definition) is 4. The molecule has 3 atom stereocenters. The molecule has 5 nitrogen and oxygen atoms in total. The second kappa shape index (κ2) is 9.23. The molecule has 1 aliphatic heterocycles. The maximum Gasteiger partial charge on any atom is 0.326 e. The third-order valence-corrected chi connectivity index (χ3v) is 4.54. The number of carboxylic acids is 1. The van der Waals surface area contributed by atoms with E-state index in [0.717, 1.165) is 31.7 Å². The van der Waals surface area contributed by atoms with Crippen LogP contribution in [-0.2, 0) is 9.59 Å². The normalized spacial score (nSPS) is 22.0. The number of carboxylic acid groups (broad SMARTS) is 1. The van der Waals surface area contributed by atoms with E-state index in [0.29, 0.717) is 18.8 Å². The summed E-state index contributed by atoms with van der Waals surface area (Å²) in [6.07, 6.45) is 5.12. The molecule has 1 saturated heterocycles. The maximum absolute atomic E-state index is 12.0. The Bertz CT molecular complexity index is 320. The first-order valence-corrected chi connectivity index (χ1v) is 8.65. The molecule has 6 heteroatoms. The molecule has 0 aromatic heterocycles. The Hall–Kier alpha value is -0.750. The van der Waals surface area contributed by atoms with E-state index in [1.165, 1.54) is 0 Å². The fraction of sp³-hybridized carbons (Fsp3) is 0.857. The van der Waals surface area contributed by atoms with Gasteiger partial charge in [-0.1, -0.05) is 6.92 Å². The summed E-state index contributed by atoms with van der Waals surface area (Å²) in [4.78, 5) is 23.1. The number of thioether (sulfide) groups is 1. The van der Waals surface area contributed by atoms with Crippen molar-refractivity contribution in [1.82, 2.24) is 10.6 Å². The number of rotatable bonds is 8. The molecule has 1 amide bonds. The van der Waals surface area contributed by atoms with Gasteiger partial charge in [-0.05, 0) is 56.2 Å². The first kappa shape index (κ1) is 17.3. The second-order valence-electron chi connectivity index (χ2n) is 5.53. The molecule has 0 bridgehead atoms. The van der Waals surface area contributed by atoms with E-state index in [1.54, 1.807) is 11.8 Å². The van der Waals surface area contributed by atoms with Gasteiger partial charge in [-0.25, -0.2) is 4.79 Å². The molecule has 0 spiro atoms. The second-order valence-corrected chi connectivity index (χ2v) is 6.51. The average Bonchev–Trinajstić information content (AvgIpc) is 2.44. The topological polar surface area (TPSA) is 78.4 Å². The largest absolute Gasteiger partial charge is 0.480 e. The lowest BCUT2D eigenvalue weighted by Gasteiger charge is -2.28. The molecule has 0 saturated carbocycles. The van der Waals surface area contributed by atoms with Crippen molar-refractivity contribution in [3.8, 4) is 0 Å². The Labute approximate surface area is 125 Å². The highest BCUT2D eigenvalue weighted by Gasteiger charge is 2.24. The summed E-state index contributed by atoms with van der Waals surface area (Å²) < 4.78 is 0. The van der Waals surface area contributed by atoms with Gasteiger partial charge in [-0.2, -0.15) is 11.8 Å². The van der Waals surface area contributed by atoms with Gasteiger partial charge >= 0.3 is 5.97 Å². The van der Waals surface area contributed by atoms with Gasteiger partial charge in [0.2, 0.25) is 5.91 Å². The van der Waals surface area contributed by atoms with Crippen molar-refractivity contribution in [2.45, 2.75) is 38.6 Å². The third kappa shape index (κ3) is 6.13. The van der Waals surface area contributed by atoms with Crippen LogP contribution >= 0.6 is 11.8 Å². The number of aliphatic carboxylic acids is 1. The predicted octanol–water partition coefficient (Wildman–Crippen LogP) is 1.33. The summed E-state index contributed by atoms with van der Waals surface area (Å²) in [5.74, 6) is 0.456. The van der Waals surface area contributed by atoms with Crippen LogP contribution in [0.3, 0.4) is 0 Å². The molecule has 0 aromatic rings. The monoisotopic (exact) mass is 302 g/mol. The molecule has 20 heavy (non-hydrogen) atoms. The first-order valence-electron chi connectivity index (χ1n) is 7.26. The first-order chi connectivity index (χ1) is 9.54. The van der Waals surface area contributed by atoms with E-state index < -0.39 is 12.0 Å². The minimum Gasteiger partial charge on any atom is -0.480 e. The zero-order chi connectivity index (χ0) is 15.0. The van der Waals surface area contributed by atoms with Crippen LogP contribution in [0.2, 0.25) is 0 Å². The van der Waals surface area contributed by atoms with Crippen molar-refractivity contribution >= 4 is 23.6 Å². The third-order valence-electron chi connectivity index (χ3n) is 3.89. The van der Waals surface area contributed by atoms with Gasteiger partial charge in [-0.3, -0.25) is 4.79 Å². The number of hydrogen-bond donors (Lipinski definition) is 3. The zero-order valence-corrected chi connectivity index (χ0v) is 13.2. The van der Waals surface area contributed by atoms with E-state index in [-0.39, 0.29) is 11.8 Å². The van der Waals surface area contributed by atoms with Crippen LogP contribution in [0, 0.1) is 11.8 Å². The van der Waals surface area contributed by atoms with Crippen molar-refractivity contribution < 1.29 is 14.7 Å². The summed E-state index contributed by atoms with van der Waals surface area (Å²) in [7, 11) is 0. The van der Waals surface area contributed by atoms with Crippen LogP contribution in [0.15, 0.2) is 0 Å². The molecule has 1 fully saturated rings.